The summed E-state index contributed by atoms with van der Waals surface area (Å²) < 4.78 is 13.2. The molecule has 0 saturated heterocycles. The van der Waals surface area contributed by atoms with Crippen LogP contribution in [-0.2, 0) is 13.0 Å². The number of aromatic nitrogens is 1. The number of fused-ring (bicyclic) bond motifs is 4. The summed E-state index contributed by atoms with van der Waals surface area (Å²) in [7, 11) is 3.28. The molecule has 0 radical (unpaired) electrons. The van der Waals surface area contributed by atoms with Gasteiger partial charge < -0.3 is 19.7 Å². The number of aryl methyl sites for hydroxylation is 3. The Morgan fingerprint density at radius 3 is 2.17 bits per heavy atom. The van der Waals surface area contributed by atoms with Gasteiger partial charge in [0.1, 0.15) is 0 Å². The van der Waals surface area contributed by atoms with Crippen molar-refractivity contribution in [1.29, 1.82) is 0 Å². The zero-order valence-corrected chi connectivity index (χ0v) is 18.5. The smallest absolute Gasteiger partial charge is 0.216 e. The fraction of sp³-hybridized carbons (Fsp3) is 0.375. The molecule has 0 atom stereocenters. The predicted octanol–water partition coefficient (Wildman–Crippen LogP) is 5.14. The van der Waals surface area contributed by atoms with Crippen LogP contribution in [0.3, 0.4) is 0 Å². The van der Waals surface area contributed by atoms with E-state index >= 15 is 0 Å². The lowest BCUT2D eigenvalue weighted by Gasteiger charge is -2.19. The summed E-state index contributed by atoms with van der Waals surface area (Å²) >= 11 is 0. The van der Waals surface area contributed by atoms with Crippen molar-refractivity contribution in [3.05, 3.63) is 41.6 Å². The van der Waals surface area contributed by atoms with Gasteiger partial charge in [0.25, 0.3) is 0 Å². The first-order valence-electron chi connectivity index (χ1n) is 10.2. The predicted molar refractivity (Wildman–Crippen MR) is 117 cm³/mol. The maximum atomic E-state index is 9.96. The number of aromatic hydroxyl groups is 2. The maximum Gasteiger partial charge on any atom is 0.216 e. The standard InChI is InChI=1S/C20H19NO4.2C2H6/c1-11-13-4-5-18(24-2)20(25-3)15(13)10-21-7-6-12-8-16(22)17(23)9-14(12)19(11)21;2*1-2/h4-5,8-10,23H,6-7H2,1-3H3;2*1-2H3/p+1. The molecule has 0 spiro atoms. The lowest BCUT2D eigenvalue weighted by atomic mass is 9.92. The minimum absolute atomic E-state index is 0.0722. The van der Waals surface area contributed by atoms with Gasteiger partial charge >= 0.3 is 0 Å². The molecule has 0 amide bonds. The first-order valence-corrected chi connectivity index (χ1v) is 10.2. The molecule has 3 aromatic rings. The molecular weight excluding hydrogens is 366 g/mol. The number of hydrogen-bond donors (Lipinski definition) is 2. The molecule has 5 nitrogen and oxygen atoms in total. The Morgan fingerprint density at radius 1 is 0.897 bits per heavy atom. The SMILES string of the molecule is CC.CC.COc1ccc2c(C)c3[n+](cc2c1OC)CCc1cc(O)c(O)cc1-3. The van der Waals surface area contributed by atoms with Crippen LogP contribution in [0.2, 0.25) is 0 Å². The molecule has 0 bridgehead atoms. The molecule has 0 saturated carbocycles. The third-order valence-corrected chi connectivity index (χ3v) is 4.99. The van der Waals surface area contributed by atoms with Gasteiger partial charge in [-0.25, -0.2) is 0 Å². The van der Waals surface area contributed by atoms with Crippen molar-refractivity contribution >= 4 is 10.8 Å². The first-order chi connectivity index (χ1) is 14.0. The number of phenolic OH excluding ortho intramolecular Hbond substituents is 2. The van der Waals surface area contributed by atoms with Crippen molar-refractivity contribution in [3.63, 3.8) is 0 Å². The van der Waals surface area contributed by atoms with E-state index in [0.717, 1.165) is 51.9 Å². The molecule has 5 heteroatoms. The van der Waals surface area contributed by atoms with E-state index in [9.17, 15) is 10.2 Å². The highest BCUT2D eigenvalue weighted by molar-refractivity contribution is 5.94. The highest BCUT2D eigenvalue weighted by atomic mass is 16.5. The lowest BCUT2D eigenvalue weighted by molar-refractivity contribution is -0.686. The summed E-state index contributed by atoms with van der Waals surface area (Å²) in [6, 6.07) is 7.24. The number of benzene rings is 2. The van der Waals surface area contributed by atoms with E-state index in [-0.39, 0.29) is 11.5 Å². The average Bonchev–Trinajstić information content (AvgIpc) is 2.76. The van der Waals surface area contributed by atoms with Crippen LogP contribution in [0.5, 0.6) is 23.0 Å². The quantitative estimate of drug-likeness (QED) is 0.463. The number of rotatable bonds is 2. The second kappa shape index (κ2) is 9.50. The number of pyridine rings is 1. The zero-order chi connectivity index (χ0) is 21.7. The molecule has 0 aliphatic carbocycles. The van der Waals surface area contributed by atoms with E-state index in [0.29, 0.717) is 5.75 Å². The van der Waals surface area contributed by atoms with Crippen LogP contribution in [0.15, 0.2) is 30.5 Å². The summed E-state index contributed by atoms with van der Waals surface area (Å²) in [6.45, 7) is 10.9. The molecule has 2 heterocycles. The van der Waals surface area contributed by atoms with Crippen molar-refractivity contribution in [2.45, 2.75) is 47.6 Å². The number of hydrogen-bond acceptors (Lipinski definition) is 4. The van der Waals surface area contributed by atoms with E-state index in [1.165, 1.54) is 0 Å². The Bertz CT molecular complexity index is 1010. The molecule has 4 rings (SSSR count). The zero-order valence-electron chi connectivity index (χ0n) is 18.5. The van der Waals surface area contributed by atoms with Crippen molar-refractivity contribution in [1.82, 2.24) is 0 Å². The van der Waals surface area contributed by atoms with Crippen LogP contribution in [0.1, 0.15) is 38.8 Å². The summed E-state index contributed by atoms with van der Waals surface area (Å²) in [4.78, 5) is 0. The van der Waals surface area contributed by atoms with Crippen LogP contribution in [-0.4, -0.2) is 24.4 Å². The second-order valence-electron chi connectivity index (χ2n) is 6.31. The minimum atomic E-state index is -0.0981. The number of ether oxygens (including phenoxy) is 2. The third kappa shape index (κ3) is 3.82. The van der Waals surface area contributed by atoms with Gasteiger partial charge in [-0.05, 0) is 36.8 Å². The van der Waals surface area contributed by atoms with Crippen LogP contribution in [0.4, 0.5) is 0 Å². The lowest BCUT2D eigenvalue weighted by Crippen LogP contribution is -2.40. The van der Waals surface area contributed by atoms with Gasteiger partial charge in [0.2, 0.25) is 5.69 Å². The third-order valence-electron chi connectivity index (χ3n) is 4.99. The van der Waals surface area contributed by atoms with Crippen molar-refractivity contribution < 1.29 is 24.3 Å². The fourth-order valence-corrected chi connectivity index (χ4v) is 3.79. The molecule has 156 valence electrons. The summed E-state index contributed by atoms with van der Waals surface area (Å²) in [5.41, 5.74) is 4.15. The number of methoxy groups -OCH3 is 2. The Morgan fingerprint density at radius 2 is 1.55 bits per heavy atom. The van der Waals surface area contributed by atoms with Gasteiger partial charge in [-0.2, -0.15) is 4.57 Å². The maximum absolute atomic E-state index is 9.96. The van der Waals surface area contributed by atoms with Gasteiger partial charge in [0.05, 0.1) is 25.2 Å². The monoisotopic (exact) mass is 398 g/mol. The number of nitrogens with zero attached hydrogens (tertiary/aromatic N) is 1. The van der Waals surface area contributed by atoms with Crippen molar-refractivity contribution in [2.24, 2.45) is 0 Å². The van der Waals surface area contributed by atoms with E-state index in [1.54, 1.807) is 26.4 Å². The summed E-state index contributed by atoms with van der Waals surface area (Å²) in [5.74, 6) is 1.25. The highest BCUT2D eigenvalue weighted by Crippen LogP contribution is 2.41. The van der Waals surface area contributed by atoms with E-state index in [2.05, 4.69) is 17.7 Å². The highest BCUT2D eigenvalue weighted by Gasteiger charge is 2.29. The van der Waals surface area contributed by atoms with Gasteiger partial charge in [-0.3, -0.25) is 0 Å². The summed E-state index contributed by atoms with van der Waals surface area (Å²) in [5, 5.41) is 21.8. The fourth-order valence-electron chi connectivity index (χ4n) is 3.79. The van der Waals surface area contributed by atoms with Crippen LogP contribution in [0.25, 0.3) is 22.0 Å². The van der Waals surface area contributed by atoms with E-state index in [4.69, 9.17) is 9.47 Å². The molecule has 2 aromatic carbocycles. The van der Waals surface area contributed by atoms with Gasteiger partial charge in [-0.15, -0.1) is 0 Å². The Balaban J connectivity index is 0.000000707. The largest absolute Gasteiger partial charge is 0.504 e. The topological polar surface area (TPSA) is 62.8 Å². The van der Waals surface area contributed by atoms with Crippen LogP contribution < -0.4 is 14.0 Å². The number of phenols is 2. The van der Waals surface area contributed by atoms with Crippen LogP contribution >= 0.6 is 0 Å². The molecule has 0 fully saturated rings. The molecule has 29 heavy (non-hydrogen) atoms. The Labute approximate surface area is 173 Å². The van der Waals surface area contributed by atoms with Crippen LogP contribution in [0, 0.1) is 6.92 Å². The van der Waals surface area contributed by atoms with Crippen molar-refractivity contribution in [2.75, 3.05) is 14.2 Å². The second-order valence-corrected chi connectivity index (χ2v) is 6.31. The molecule has 0 unspecified atom stereocenters. The molecule has 1 aliphatic heterocycles. The molecule has 2 N–H and O–H groups in total. The summed E-state index contributed by atoms with van der Waals surface area (Å²) in [6.07, 6.45) is 2.87. The van der Waals surface area contributed by atoms with E-state index < -0.39 is 0 Å². The minimum Gasteiger partial charge on any atom is -0.504 e. The van der Waals surface area contributed by atoms with Gasteiger partial charge in [-0.1, -0.05) is 27.7 Å². The van der Waals surface area contributed by atoms with Gasteiger partial charge in [0.15, 0.2) is 35.7 Å². The van der Waals surface area contributed by atoms with Crippen molar-refractivity contribution in [3.8, 4) is 34.3 Å². The Hall–Kier alpha value is -2.95. The first kappa shape index (κ1) is 22.3. The molecule has 1 aliphatic rings. The van der Waals surface area contributed by atoms with E-state index in [1.807, 2.05) is 39.8 Å². The normalized spacial score (nSPS) is 11.3. The average molecular weight is 399 g/mol. The molecular formula is C24H32NO4+. The Kier molecular flexibility index (Phi) is 7.32. The van der Waals surface area contributed by atoms with Gasteiger partial charge in [0, 0.05) is 17.4 Å². The molecule has 1 aromatic heterocycles.